The molecule has 5 nitrogen and oxygen atoms in total. The minimum absolute atomic E-state index is 0.0683. The third-order valence-electron chi connectivity index (χ3n) is 1.55. The molecule has 0 aliphatic rings. The predicted molar refractivity (Wildman–Crippen MR) is 42.8 cm³/mol. The van der Waals surface area contributed by atoms with Crippen LogP contribution in [-0.2, 0) is 5.11 Å². The second kappa shape index (κ2) is 2.78. The zero-order chi connectivity index (χ0) is 9.26. The summed E-state index contributed by atoms with van der Waals surface area (Å²) in [6, 6.07) is 7.05. The maximum Gasteiger partial charge on any atom is 0.558 e. The van der Waals surface area contributed by atoms with Crippen LogP contribution in [0.2, 0.25) is 0 Å². The summed E-state index contributed by atoms with van der Waals surface area (Å²) in [6.07, 6.45) is -1.63. The molecule has 2 aromatic rings. The number of imidazole rings is 1. The Bertz CT molecular complexity index is 416. The molecule has 13 heavy (non-hydrogen) atoms. The smallest absolute Gasteiger partial charge is 0.357 e. The number of aromatic amines is 1. The van der Waals surface area contributed by atoms with Gasteiger partial charge in [0.05, 0.1) is 11.0 Å². The number of ether oxygens (including phenoxy) is 1. The molecule has 0 amide bonds. The van der Waals surface area contributed by atoms with E-state index in [-0.39, 0.29) is 6.01 Å². The Hall–Kier alpha value is -2.04. The molecule has 0 unspecified atom stereocenters. The van der Waals surface area contributed by atoms with Gasteiger partial charge >= 0.3 is 12.2 Å². The van der Waals surface area contributed by atoms with Crippen LogP contribution in [0, 0.1) is 0 Å². The van der Waals surface area contributed by atoms with E-state index in [2.05, 4.69) is 14.7 Å². The minimum atomic E-state index is -1.63. The molecule has 0 saturated carbocycles. The van der Waals surface area contributed by atoms with Gasteiger partial charge in [0, 0.05) is 0 Å². The molecule has 1 radical (unpaired) electrons. The first-order valence-electron chi connectivity index (χ1n) is 3.59. The van der Waals surface area contributed by atoms with Gasteiger partial charge in [-0.3, -0.25) is 0 Å². The van der Waals surface area contributed by atoms with Gasteiger partial charge < -0.3 is 9.72 Å². The van der Waals surface area contributed by atoms with E-state index in [4.69, 9.17) is 0 Å². The number of para-hydroxylation sites is 2. The average Bonchev–Trinajstić information content (AvgIpc) is 2.44. The van der Waals surface area contributed by atoms with E-state index in [0.29, 0.717) is 5.52 Å². The van der Waals surface area contributed by atoms with Gasteiger partial charge in [-0.2, -0.15) is 14.9 Å². The first-order valence-corrected chi connectivity index (χ1v) is 3.59. The molecule has 1 N–H and O–H groups in total. The fraction of sp³-hybridized carbons (Fsp3) is 0. The third-order valence-corrected chi connectivity index (χ3v) is 1.55. The maximum atomic E-state index is 10.1. The van der Waals surface area contributed by atoms with Crippen LogP contribution in [-0.4, -0.2) is 16.1 Å². The lowest BCUT2D eigenvalue weighted by Gasteiger charge is -1.87. The number of nitrogens with zero attached hydrogens (tertiary/aromatic N) is 1. The number of fused-ring (bicyclic) bond motifs is 1. The number of nitrogens with one attached hydrogen (secondary N) is 1. The molecule has 0 spiro atoms. The summed E-state index contributed by atoms with van der Waals surface area (Å²) in [5.41, 5.74) is 1.37. The molecule has 2 rings (SSSR count). The van der Waals surface area contributed by atoms with E-state index in [9.17, 15) is 9.90 Å². The van der Waals surface area contributed by atoms with Gasteiger partial charge in [0.1, 0.15) is 0 Å². The minimum Gasteiger partial charge on any atom is -0.357 e. The van der Waals surface area contributed by atoms with E-state index in [1.54, 1.807) is 18.2 Å². The molecule has 5 heteroatoms. The molecule has 1 aromatic carbocycles. The fourth-order valence-electron chi connectivity index (χ4n) is 1.06. The van der Waals surface area contributed by atoms with E-state index in [1.807, 2.05) is 6.07 Å². The third kappa shape index (κ3) is 1.44. The van der Waals surface area contributed by atoms with Crippen molar-refractivity contribution in [2.45, 2.75) is 0 Å². The molecule has 1 aromatic heterocycles. The summed E-state index contributed by atoms with van der Waals surface area (Å²) in [7, 11) is 0. The Morgan fingerprint density at radius 3 is 2.85 bits per heavy atom. The van der Waals surface area contributed by atoms with E-state index < -0.39 is 6.16 Å². The van der Waals surface area contributed by atoms with Crippen LogP contribution >= 0.6 is 0 Å². The van der Waals surface area contributed by atoms with Crippen LogP contribution in [0.4, 0.5) is 4.79 Å². The van der Waals surface area contributed by atoms with Crippen molar-refractivity contribution in [1.29, 1.82) is 0 Å². The summed E-state index contributed by atoms with van der Waals surface area (Å²) in [5.74, 6) is 0. The molecule has 1 heterocycles. The Labute approximate surface area is 73.0 Å². The molecule has 0 bridgehead atoms. The summed E-state index contributed by atoms with van der Waals surface area (Å²) in [6.45, 7) is 0. The molecule has 0 saturated heterocycles. The highest BCUT2D eigenvalue weighted by molar-refractivity contribution is 5.76. The van der Waals surface area contributed by atoms with Gasteiger partial charge in [-0.05, 0) is 12.1 Å². The van der Waals surface area contributed by atoms with Gasteiger partial charge in [0.2, 0.25) is 0 Å². The first-order chi connectivity index (χ1) is 6.25. The van der Waals surface area contributed by atoms with Crippen LogP contribution in [0.15, 0.2) is 24.3 Å². The summed E-state index contributed by atoms with van der Waals surface area (Å²) in [5, 5.41) is 10.1. The van der Waals surface area contributed by atoms with Gasteiger partial charge in [0.15, 0.2) is 0 Å². The molecule has 0 aliphatic heterocycles. The number of H-pyrrole nitrogens is 1. The van der Waals surface area contributed by atoms with Crippen molar-refractivity contribution in [3.8, 4) is 6.01 Å². The van der Waals surface area contributed by atoms with Crippen molar-refractivity contribution in [1.82, 2.24) is 9.97 Å². The zero-order valence-corrected chi connectivity index (χ0v) is 6.48. The van der Waals surface area contributed by atoms with E-state index in [1.165, 1.54) is 0 Å². The van der Waals surface area contributed by atoms with E-state index >= 15 is 0 Å². The van der Waals surface area contributed by atoms with Crippen molar-refractivity contribution >= 4 is 17.2 Å². The highest BCUT2D eigenvalue weighted by Gasteiger charge is 2.07. The van der Waals surface area contributed by atoms with Crippen LogP contribution < -0.4 is 4.74 Å². The molecular formula is C8H5N2O3. The highest BCUT2D eigenvalue weighted by atomic mass is 16.7. The normalized spacial score (nSPS) is 10.2. The van der Waals surface area contributed by atoms with Crippen LogP contribution in [0.25, 0.3) is 11.0 Å². The number of rotatable bonds is 1. The Kier molecular flexibility index (Phi) is 1.63. The van der Waals surface area contributed by atoms with Gasteiger partial charge in [-0.25, -0.2) is 0 Å². The Morgan fingerprint density at radius 1 is 1.38 bits per heavy atom. The lowest BCUT2D eigenvalue weighted by atomic mass is 10.3. The van der Waals surface area contributed by atoms with Gasteiger partial charge in [-0.1, -0.05) is 12.1 Å². The average molecular weight is 177 g/mol. The van der Waals surface area contributed by atoms with Crippen LogP contribution in [0.1, 0.15) is 0 Å². The van der Waals surface area contributed by atoms with Crippen LogP contribution in [0.3, 0.4) is 0 Å². The largest absolute Gasteiger partial charge is 0.558 e. The van der Waals surface area contributed by atoms with Crippen LogP contribution in [0.5, 0.6) is 6.01 Å². The Morgan fingerprint density at radius 2 is 2.15 bits per heavy atom. The zero-order valence-electron chi connectivity index (χ0n) is 6.48. The summed E-state index contributed by atoms with van der Waals surface area (Å²) in [4.78, 5) is 16.6. The second-order valence-corrected chi connectivity index (χ2v) is 2.41. The molecule has 0 aliphatic carbocycles. The van der Waals surface area contributed by atoms with E-state index in [0.717, 1.165) is 5.52 Å². The fourth-order valence-corrected chi connectivity index (χ4v) is 1.06. The van der Waals surface area contributed by atoms with Crippen molar-refractivity contribution in [2.75, 3.05) is 0 Å². The number of aromatic nitrogens is 2. The quantitative estimate of drug-likeness (QED) is 0.670. The highest BCUT2D eigenvalue weighted by Crippen LogP contribution is 2.14. The Balaban J connectivity index is 2.44. The SMILES string of the molecule is [O]C(=O)Oc1nc2ccccc2[nH]1. The number of hydrogen-bond donors (Lipinski definition) is 1. The summed E-state index contributed by atoms with van der Waals surface area (Å²) < 4.78 is 4.24. The van der Waals surface area contributed by atoms with Gasteiger partial charge in [0.25, 0.3) is 0 Å². The lowest BCUT2D eigenvalue weighted by molar-refractivity contribution is 0.114. The lowest BCUT2D eigenvalue weighted by Crippen LogP contribution is -2.02. The monoisotopic (exact) mass is 177 g/mol. The predicted octanol–water partition coefficient (Wildman–Crippen LogP) is 1.49. The second-order valence-electron chi connectivity index (χ2n) is 2.41. The van der Waals surface area contributed by atoms with Gasteiger partial charge in [-0.15, -0.1) is 0 Å². The number of benzene rings is 1. The number of carbonyl (C=O) groups is 1. The van der Waals surface area contributed by atoms with Crippen molar-refractivity contribution in [3.05, 3.63) is 24.3 Å². The number of hydrogen-bond acceptors (Lipinski definition) is 3. The molecule has 0 fully saturated rings. The summed E-state index contributed by atoms with van der Waals surface area (Å²) >= 11 is 0. The van der Waals surface area contributed by atoms with Crippen molar-refractivity contribution in [2.24, 2.45) is 0 Å². The van der Waals surface area contributed by atoms with Crippen molar-refractivity contribution < 1.29 is 14.6 Å². The standard InChI is InChI=1S/C8H5N2O3/c11-8(12)13-7-9-5-3-1-2-4-6(5)10-7/h1-4H,(H,9,10). The molecular weight excluding hydrogens is 172 g/mol. The van der Waals surface area contributed by atoms with Crippen molar-refractivity contribution in [3.63, 3.8) is 0 Å². The molecule has 65 valence electrons. The number of carbonyl (C=O) groups excluding carboxylic acids is 1. The first kappa shape index (κ1) is 7.60. The topological polar surface area (TPSA) is 74.9 Å². The molecule has 0 atom stereocenters. The maximum absolute atomic E-state index is 10.1.